The summed E-state index contributed by atoms with van der Waals surface area (Å²) >= 11 is 0. The summed E-state index contributed by atoms with van der Waals surface area (Å²) in [6.07, 6.45) is 0. The van der Waals surface area contributed by atoms with E-state index in [2.05, 4.69) is 58.9 Å². The Labute approximate surface area is 82.0 Å². The van der Waals surface area contributed by atoms with Gasteiger partial charge in [0.2, 0.25) is 0 Å². The maximum absolute atomic E-state index is 2.24. The molecule has 0 aliphatic heterocycles. The smallest absolute Gasteiger partial charge is 0.0152 e. The van der Waals surface area contributed by atoms with Crippen LogP contribution in [0.5, 0.6) is 0 Å². The van der Waals surface area contributed by atoms with E-state index in [-0.39, 0.29) is 5.41 Å². The maximum Gasteiger partial charge on any atom is -0.0152 e. The lowest BCUT2D eigenvalue weighted by atomic mass is 9.86. The zero-order valence-corrected chi connectivity index (χ0v) is 9.31. The minimum absolute atomic E-state index is 0.264. The number of benzene rings is 1. The molecule has 1 aromatic carbocycles. The lowest BCUT2D eigenvalue weighted by Crippen LogP contribution is -2.10. The van der Waals surface area contributed by atoms with Crippen LogP contribution >= 0.6 is 0 Å². The molecule has 1 aromatic rings. The fourth-order valence-electron chi connectivity index (χ4n) is 1.30. The van der Waals surface area contributed by atoms with Gasteiger partial charge < -0.3 is 0 Å². The van der Waals surface area contributed by atoms with Crippen molar-refractivity contribution in [1.29, 1.82) is 0 Å². The summed E-state index contributed by atoms with van der Waals surface area (Å²) in [5.74, 6) is 1.38. The second kappa shape index (κ2) is 3.45. The highest BCUT2D eigenvalue weighted by Crippen LogP contribution is 2.23. The summed E-state index contributed by atoms with van der Waals surface area (Å²) < 4.78 is 0. The lowest BCUT2D eigenvalue weighted by Gasteiger charge is -2.23. The van der Waals surface area contributed by atoms with E-state index in [1.807, 2.05) is 0 Å². The van der Waals surface area contributed by atoms with Gasteiger partial charge in [-0.3, -0.25) is 0 Å². The summed E-state index contributed by atoms with van der Waals surface area (Å²) in [4.78, 5) is 0. The van der Waals surface area contributed by atoms with Gasteiger partial charge in [-0.2, -0.15) is 23.6 Å². The van der Waals surface area contributed by atoms with Gasteiger partial charge in [0.15, 0.2) is 0 Å². The van der Waals surface area contributed by atoms with Gasteiger partial charge in [-0.05, 0) is 5.41 Å². The molecule has 0 heteroatoms. The first-order valence-corrected chi connectivity index (χ1v) is 4.82. The molecule has 0 N–H and O–H groups in total. The van der Waals surface area contributed by atoms with Gasteiger partial charge in [0.25, 0.3) is 0 Å². The SMILES string of the molecule is C[C-](C)c1ccc(C(C)(C)C)cc1. The van der Waals surface area contributed by atoms with Crippen LogP contribution in [0.25, 0.3) is 0 Å². The van der Waals surface area contributed by atoms with Gasteiger partial charge in [0.05, 0.1) is 0 Å². The molecule has 0 bridgehead atoms. The molecule has 0 aromatic heterocycles. The summed E-state index contributed by atoms with van der Waals surface area (Å²) in [7, 11) is 0. The van der Waals surface area contributed by atoms with Crippen LogP contribution in [0.3, 0.4) is 0 Å². The number of rotatable bonds is 1. The predicted octanol–water partition coefficient (Wildman–Crippen LogP) is 3.95. The first-order chi connectivity index (χ1) is 5.91. The molecule has 0 heterocycles. The van der Waals surface area contributed by atoms with Crippen molar-refractivity contribution in [2.24, 2.45) is 0 Å². The number of hydrogen-bond acceptors (Lipinski definition) is 0. The van der Waals surface area contributed by atoms with E-state index in [0.717, 1.165) is 0 Å². The maximum atomic E-state index is 2.24. The minimum Gasteiger partial charge on any atom is -0.189 e. The van der Waals surface area contributed by atoms with Gasteiger partial charge in [-0.15, -0.1) is 12.1 Å². The minimum atomic E-state index is 0.264. The van der Waals surface area contributed by atoms with Gasteiger partial charge in [0, 0.05) is 0 Å². The molecular weight excluding hydrogens is 156 g/mol. The molecule has 0 aliphatic rings. The summed E-state index contributed by atoms with van der Waals surface area (Å²) in [6.45, 7) is 11.0. The van der Waals surface area contributed by atoms with Gasteiger partial charge in [-0.25, -0.2) is 0 Å². The third-order valence-corrected chi connectivity index (χ3v) is 2.33. The molecule has 0 spiro atoms. The van der Waals surface area contributed by atoms with Crippen molar-refractivity contribution < 1.29 is 0 Å². The molecule has 0 unspecified atom stereocenters. The van der Waals surface area contributed by atoms with Crippen molar-refractivity contribution in [1.82, 2.24) is 0 Å². The summed E-state index contributed by atoms with van der Waals surface area (Å²) in [5.41, 5.74) is 3.01. The molecule has 1 rings (SSSR count). The molecular formula is C13H19-. The standard InChI is InChI=1S/C13H19/c1-10(2)11-6-8-12(9-7-11)13(3,4)5/h6-9H,1-5H3/q-1. The van der Waals surface area contributed by atoms with Crippen LogP contribution in [0.2, 0.25) is 0 Å². The van der Waals surface area contributed by atoms with Gasteiger partial charge in [0.1, 0.15) is 0 Å². The van der Waals surface area contributed by atoms with E-state index in [9.17, 15) is 0 Å². The Morgan fingerprint density at radius 1 is 0.923 bits per heavy atom. The van der Waals surface area contributed by atoms with E-state index < -0.39 is 0 Å². The van der Waals surface area contributed by atoms with E-state index >= 15 is 0 Å². The summed E-state index contributed by atoms with van der Waals surface area (Å²) in [6, 6.07) is 8.86. The molecule has 0 aliphatic carbocycles. The zero-order valence-electron chi connectivity index (χ0n) is 9.31. The third kappa shape index (κ3) is 2.51. The fourth-order valence-corrected chi connectivity index (χ4v) is 1.30. The molecule has 13 heavy (non-hydrogen) atoms. The van der Waals surface area contributed by atoms with Crippen molar-refractivity contribution in [3.05, 3.63) is 41.3 Å². The Balaban J connectivity index is 2.94. The van der Waals surface area contributed by atoms with Crippen molar-refractivity contribution >= 4 is 0 Å². The normalized spacial score (nSPS) is 11.5. The van der Waals surface area contributed by atoms with E-state index in [4.69, 9.17) is 0 Å². The van der Waals surface area contributed by atoms with Crippen LogP contribution < -0.4 is 0 Å². The third-order valence-electron chi connectivity index (χ3n) is 2.33. The highest BCUT2D eigenvalue weighted by atomic mass is 14.2. The van der Waals surface area contributed by atoms with E-state index in [0.29, 0.717) is 0 Å². The summed E-state index contributed by atoms with van der Waals surface area (Å²) in [5, 5.41) is 0. The Bertz CT molecular complexity index is 259. The van der Waals surface area contributed by atoms with Crippen LogP contribution in [-0.4, -0.2) is 0 Å². The van der Waals surface area contributed by atoms with E-state index in [1.165, 1.54) is 17.0 Å². The quantitative estimate of drug-likeness (QED) is 0.567. The highest BCUT2D eigenvalue weighted by Gasteiger charge is 2.10. The molecule has 0 fully saturated rings. The van der Waals surface area contributed by atoms with Crippen LogP contribution in [0.1, 0.15) is 45.7 Å². The highest BCUT2D eigenvalue weighted by molar-refractivity contribution is 5.33. The second-order valence-corrected chi connectivity index (χ2v) is 4.83. The van der Waals surface area contributed by atoms with Gasteiger partial charge >= 0.3 is 0 Å². The van der Waals surface area contributed by atoms with Crippen molar-refractivity contribution in [2.75, 3.05) is 0 Å². The monoisotopic (exact) mass is 175 g/mol. The fraction of sp³-hybridized carbons (Fsp3) is 0.462. The van der Waals surface area contributed by atoms with Crippen molar-refractivity contribution in [3.63, 3.8) is 0 Å². The first kappa shape index (κ1) is 10.2. The lowest BCUT2D eigenvalue weighted by molar-refractivity contribution is 0.590. The first-order valence-electron chi connectivity index (χ1n) is 4.82. The average Bonchev–Trinajstić information content (AvgIpc) is 2.03. The van der Waals surface area contributed by atoms with Crippen LogP contribution in [0.4, 0.5) is 0 Å². The van der Waals surface area contributed by atoms with E-state index in [1.54, 1.807) is 0 Å². The molecule has 0 saturated heterocycles. The molecule has 0 amide bonds. The molecule has 0 nitrogen and oxygen atoms in total. The van der Waals surface area contributed by atoms with Gasteiger partial charge in [-0.1, -0.05) is 40.2 Å². The molecule has 0 radical (unpaired) electrons. The van der Waals surface area contributed by atoms with Crippen molar-refractivity contribution in [2.45, 2.75) is 40.0 Å². The Morgan fingerprint density at radius 3 is 1.69 bits per heavy atom. The molecule has 0 atom stereocenters. The van der Waals surface area contributed by atoms with Crippen LogP contribution in [0, 0.1) is 5.92 Å². The van der Waals surface area contributed by atoms with Crippen molar-refractivity contribution in [3.8, 4) is 0 Å². The number of hydrogen-bond donors (Lipinski definition) is 0. The average molecular weight is 175 g/mol. The predicted molar refractivity (Wildman–Crippen MR) is 58.8 cm³/mol. The zero-order chi connectivity index (χ0) is 10.1. The Morgan fingerprint density at radius 2 is 1.38 bits per heavy atom. The van der Waals surface area contributed by atoms with Crippen LogP contribution in [0.15, 0.2) is 24.3 Å². The Hall–Kier alpha value is -0.910. The molecule has 72 valence electrons. The van der Waals surface area contributed by atoms with Crippen LogP contribution in [-0.2, 0) is 5.41 Å². The largest absolute Gasteiger partial charge is 0.189 e. The second-order valence-electron chi connectivity index (χ2n) is 4.83. The molecule has 0 saturated carbocycles. The topological polar surface area (TPSA) is 0 Å². The Kier molecular flexibility index (Phi) is 2.70.